The minimum Gasteiger partial charge on any atom is -0.379 e. The van der Waals surface area contributed by atoms with Crippen LogP contribution in [0.4, 0.5) is 0 Å². The van der Waals surface area contributed by atoms with Gasteiger partial charge in [0, 0.05) is 18.8 Å². The number of carbonyl (C=O) groups excluding carboxylic acids is 1. The van der Waals surface area contributed by atoms with E-state index in [4.69, 9.17) is 4.74 Å². The van der Waals surface area contributed by atoms with Gasteiger partial charge in [0.05, 0.1) is 24.8 Å². The second-order valence-corrected chi connectivity index (χ2v) is 6.06. The highest BCUT2D eigenvalue weighted by atomic mass is 16.5. The molecule has 1 aromatic carbocycles. The first-order valence-electron chi connectivity index (χ1n) is 8.14. The molecule has 0 spiro atoms. The molecule has 1 fully saturated rings. The number of aromatic amines is 1. The van der Waals surface area contributed by atoms with Crippen molar-refractivity contribution in [2.75, 3.05) is 19.8 Å². The number of ether oxygens (including phenoxy) is 1. The number of nitrogens with one attached hydrogen (secondary N) is 1. The maximum atomic E-state index is 12.7. The van der Waals surface area contributed by atoms with Gasteiger partial charge >= 0.3 is 0 Å². The zero-order valence-corrected chi connectivity index (χ0v) is 13.5. The number of aryl methyl sites for hydroxylation is 1. The number of carbonyl (C=O) groups is 1. The normalized spacial score (nSPS) is 17.3. The van der Waals surface area contributed by atoms with Gasteiger partial charge in [-0.25, -0.2) is 0 Å². The lowest BCUT2D eigenvalue weighted by Crippen LogP contribution is -2.42. The second-order valence-electron chi connectivity index (χ2n) is 6.06. The lowest BCUT2D eigenvalue weighted by molar-refractivity contribution is -0.132. The zero-order valence-electron chi connectivity index (χ0n) is 13.5. The number of benzene rings is 1. The number of hydrogen-bond acceptors (Lipinski definition) is 3. The molecule has 1 aliphatic heterocycles. The van der Waals surface area contributed by atoms with Gasteiger partial charge in [-0.15, -0.1) is 0 Å². The molecule has 23 heavy (non-hydrogen) atoms. The molecule has 0 radical (unpaired) electrons. The molecule has 3 rings (SSSR count). The van der Waals surface area contributed by atoms with Crippen molar-refractivity contribution >= 4 is 5.91 Å². The van der Waals surface area contributed by atoms with Crippen LogP contribution in [-0.2, 0) is 22.4 Å². The molecule has 1 aromatic heterocycles. The van der Waals surface area contributed by atoms with Gasteiger partial charge in [-0.1, -0.05) is 30.3 Å². The predicted octanol–water partition coefficient (Wildman–Crippen LogP) is 2.12. The summed E-state index contributed by atoms with van der Waals surface area (Å²) in [6.45, 7) is 4.04. The van der Waals surface area contributed by atoms with E-state index >= 15 is 0 Å². The highest BCUT2D eigenvalue weighted by Crippen LogP contribution is 2.15. The Bertz CT molecular complexity index is 633. The average molecular weight is 313 g/mol. The Hall–Kier alpha value is -2.14. The van der Waals surface area contributed by atoms with Crippen LogP contribution in [0.1, 0.15) is 23.4 Å². The molecule has 5 heteroatoms. The van der Waals surface area contributed by atoms with Crippen LogP contribution in [0.3, 0.4) is 0 Å². The summed E-state index contributed by atoms with van der Waals surface area (Å²) in [5.41, 5.74) is 3.03. The van der Waals surface area contributed by atoms with Crippen LogP contribution < -0.4 is 0 Å². The summed E-state index contributed by atoms with van der Waals surface area (Å²) in [5.74, 6) is 0.128. The highest BCUT2D eigenvalue weighted by Gasteiger charge is 2.27. The lowest BCUT2D eigenvalue weighted by atomic mass is 10.1. The van der Waals surface area contributed by atoms with E-state index < -0.39 is 0 Å². The Kier molecular flexibility index (Phi) is 5.08. The predicted molar refractivity (Wildman–Crippen MR) is 88.1 cm³/mol. The third kappa shape index (κ3) is 4.20. The fraction of sp³-hybridized carbons (Fsp3) is 0.444. The largest absolute Gasteiger partial charge is 0.379 e. The fourth-order valence-electron chi connectivity index (χ4n) is 2.99. The van der Waals surface area contributed by atoms with Crippen LogP contribution in [0.15, 0.2) is 36.4 Å². The van der Waals surface area contributed by atoms with E-state index in [0.717, 1.165) is 37.4 Å². The number of amides is 1. The number of H-pyrrole nitrogens is 1. The van der Waals surface area contributed by atoms with Crippen LogP contribution in [-0.4, -0.2) is 46.8 Å². The molecule has 1 N–H and O–H groups in total. The minimum atomic E-state index is 0.128. The van der Waals surface area contributed by atoms with E-state index in [-0.39, 0.29) is 11.9 Å². The maximum Gasteiger partial charge on any atom is 0.228 e. The molecule has 0 unspecified atom stereocenters. The molecular weight excluding hydrogens is 290 g/mol. The van der Waals surface area contributed by atoms with Gasteiger partial charge < -0.3 is 9.64 Å². The van der Waals surface area contributed by atoms with Gasteiger partial charge in [0.15, 0.2) is 0 Å². The van der Waals surface area contributed by atoms with E-state index in [9.17, 15) is 4.79 Å². The Labute approximate surface area is 136 Å². The molecular formula is C18H23N3O2. The zero-order chi connectivity index (χ0) is 16.1. The summed E-state index contributed by atoms with van der Waals surface area (Å²) in [4.78, 5) is 14.7. The number of aromatic nitrogens is 2. The highest BCUT2D eigenvalue weighted by molar-refractivity contribution is 5.78. The SMILES string of the molecule is Cc1cc(CC(=O)N(CCc2ccccc2)[C@H]2CCOC2)n[nH]1. The van der Waals surface area contributed by atoms with Gasteiger partial charge in [-0.2, -0.15) is 5.10 Å². The van der Waals surface area contributed by atoms with Crippen LogP contribution in [0.2, 0.25) is 0 Å². The van der Waals surface area contributed by atoms with Gasteiger partial charge in [0.2, 0.25) is 5.91 Å². The van der Waals surface area contributed by atoms with Crippen molar-refractivity contribution in [2.45, 2.75) is 32.2 Å². The van der Waals surface area contributed by atoms with E-state index in [0.29, 0.717) is 13.0 Å². The standard InChI is InChI=1S/C18H23N3O2/c1-14-11-16(20-19-14)12-18(22)21(17-8-10-23-13-17)9-7-15-5-3-2-4-6-15/h2-6,11,17H,7-10,12-13H2,1H3,(H,19,20)/t17-/m0/s1. The third-order valence-corrected chi connectivity index (χ3v) is 4.24. The lowest BCUT2D eigenvalue weighted by Gasteiger charge is -2.28. The first-order valence-corrected chi connectivity index (χ1v) is 8.14. The number of rotatable bonds is 6. The first-order chi connectivity index (χ1) is 11.2. The number of hydrogen-bond donors (Lipinski definition) is 1. The molecule has 0 bridgehead atoms. The molecule has 1 saturated heterocycles. The molecule has 0 aliphatic carbocycles. The van der Waals surface area contributed by atoms with Crippen LogP contribution in [0, 0.1) is 6.92 Å². The third-order valence-electron chi connectivity index (χ3n) is 4.24. The monoisotopic (exact) mass is 313 g/mol. The first kappa shape index (κ1) is 15.7. The van der Waals surface area contributed by atoms with Crippen molar-refractivity contribution in [1.29, 1.82) is 0 Å². The Morgan fingerprint density at radius 2 is 2.22 bits per heavy atom. The van der Waals surface area contributed by atoms with Crippen LogP contribution in [0.5, 0.6) is 0 Å². The van der Waals surface area contributed by atoms with Gasteiger partial charge in [0.1, 0.15) is 0 Å². The average Bonchev–Trinajstić information content (AvgIpc) is 3.21. The van der Waals surface area contributed by atoms with Crippen molar-refractivity contribution in [1.82, 2.24) is 15.1 Å². The summed E-state index contributed by atoms with van der Waals surface area (Å²) in [6, 6.07) is 12.4. The second kappa shape index (κ2) is 7.42. The summed E-state index contributed by atoms with van der Waals surface area (Å²) in [7, 11) is 0. The Morgan fingerprint density at radius 1 is 1.39 bits per heavy atom. The van der Waals surface area contributed by atoms with E-state index in [1.54, 1.807) is 0 Å². The van der Waals surface area contributed by atoms with Gasteiger partial charge in [-0.05, 0) is 31.4 Å². The smallest absolute Gasteiger partial charge is 0.228 e. The summed E-state index contributed by atoms with van der Waals surface area (Å²) in [5, 5.41) is 7.07. The molecule has 122 valence electrons. The molecule has 1 aliphatic rings. The van der Waals surface area contributed by atoms with Crippen LogP contribution >= 0.6 is 0 Å². The van der Waals surface area contributed by atoms with E-state index in [1.807, 2.05) is 36.1 Å². The van der Waals surface area contributed by atoms with Gasteiger partial charge in [0.25, 0.3) is 0 Å². The van der Waals surface area contributed by atoms with Gasteiger partial charge in [-0.3, -0.25) is 9.89 Å². The van der Waals surface area contributed by atoms with Crippen molar-refractivity contribution in [3.63, 3.8) is 0 Å². The number of nitrogens with zero attached hydrogens (tertiary/aromatic N) is 2. The van der Waals surface area contributed by atoms with Crippen molar-refractivity contribution in [2.24, 2.45) is 0 Å². The topological polar surface area (TPSA) is 58.2 Å². The molecule has 0 saturated carbocycles. The molecule has 5 nitrogen and oxygen atoms in total. The fourth-order valence-corrected chi connectivity index (χ4v) is 2.99. The summed E-state index contributed by atoms with van der Waals surface area (Å²) >= 11 is 0. The molecule has 1 atom stereocenters. The Morgan fingerprint density at radius 3 is 2.87 bits per heavy atom. The Balaban J connectivity index is 1.66. The van der Waals surface area contributed by atoms with E-state index in [1.165, 1.54) is 5.56 Å². The quantitative estimate of drug-likeness (QED) is 0.889. The van der Waals surface area contributed by atoms with Crippen LogP contribution in [0.25, 0.3) is 0 Å². The molecule has 2 aromatic rings. The minimum absolute atomic E-state index is 0.128. The van der Waals surface area contributed by atoms with Crippen molar-refractivity contribution in [3.8, 4) is 0 Å². The van der Waals surface area contributed by atoms with Crippen molar-refractivity contribution < 1.29 is 9.53 Å². The van der Waals surface area contributed by atoms with E-state index in [2.05, 4.69) is 22.3 Å². The molecule has 2 heterocycles. The maximum absolute atomic E-state index is 12.7. The summed E-state index contributed by atoms with van der Waals surface area (Å²) in [6.07, 6.45) is 2.12. The summed E-state index contributed by atoms with van der Waals surface area (Å²) < 4.78 is 5.48. The van der Waals surface area contributed by atoms with Crippen molar-refractivity contribution in [3.05, 3.63) is 53.3 Å². The molecule has 1 amide bonds.